The average molecular weight is 198 g/mol. The zero-order valence-corrected chi connectivity index (χ0v) is 7.85. The van der Waals surface area contributed by atoms with Gasteiger partial charge in [-0.15, -0.1) is 0 Å². The highest BCUT2D eigenvalue weighted by Crippen LogP contribution is 2.44. The van der Waals surface area contributed by atoms with Crippen LogP contribution >= 0.6 is 0 Å². The Bertz CT molecular complexity index is 245. The maximum Gasteiger partial charge on any atom is 0.137 e. The molecule has 4 atom stereocenters. The summed E-state index contributed by atoms with van der Waals surface area (Å²) >= 11 is 0. The van der Waals surface area contributed by atoms with E-state index < -0.39 is 0 Å². The van der Waals surface area contributed by atoms with Crippen LogP contribution in [0.3, 0.4) is 0 Å². The van der Waals surface area contributed by atoms with Crippen LogP contribution in [0.1, 0.15) is 12.8 Å². The van der Waals surface area contributed by atoms with E-state index in [2.05, 4.69) is 0 Å². The van der Waals surface area contributed by atoms with Crippen LogP contribution in [-0.2, 0) is 9.59 Å². The lowest BCUT2D eigenvalue weighted by molar-refractivity contribution is -0.153. The van der Waals surface area contributed by atoms with Crippen molar-refractivity contribution in [3.05, 3.63) is 0 Å². The number of ketones is 2. The molecular weight excluding hydrogens is 184 g/mol. The fraction of sp³-hybridized carbons (Fsp3) is 0.800. The van der Waals surface area contributed by atoms with Crippen LogP contribution in [0.4, 0.5) is 0 Å². The fourth-order valence-corrected chi connectivity index (χ4v) is 2.87. The quantitative estimate of drug-likeness (QED) is 0.620. The largest absolute Gasteiger partial charge is 0.396 e. The Morgan fingerprint density at radius 1 is 0.929 bits per heavy atom. The first-order chi connectivity index (χ1) is 6.69. The van der Waals surface area contributed by atoms with E-state index in [1.807, 2.05) is 0 Å². The minimum atomic E-state index is -0.338. The van der Waals surface area contributed by atoms with Gasteiger partial charge in [0.2, 0.25) is 0 Å². The summed E-state index contributed by atoms with van der Waals surface area (Å²) in [6, 6.07) is 0. The molecule has 0 aromatic rings. The molecule has 0 amide bonds. The van der Waals surface area contributed by atoms with Gasteiger partial charge >= 0.3 is 0 Å². The number of aliphatic hydroxyl groups is 2. The van der Waals surface area contributed by atoms with Gasteiger partial charge in [0.15, 0.2) is 0 Å². The Labute approximate surface area is 81.9 Å². The highest BCUT2D eigenvalue weighted by Gasteiger charge is 2.51. The Balaban J connectivity index is 2.29. The molecule has 4 heteroatoms. The topological polar surface area (TPSA) is 74.6 Å². The number of aliphatic hydroxyl groups excluding tert-OH is 2. The molecule has 3 aliphatic carbocycles. The van der Waals surface area contributed by atoms with Crippen LogP contribution in [0.25, 0.3) is 0 Å². The number of fused-ring (bicyclic) bond motifs is 3. The van der Waals surface area contributed by atoms with E-state index in [1.54, 1.807) is 0 Å². The molecule has 3 aliphatic rings. The van der Waals surface area contributed by atoms with Crippen molar-refractivity contribution in [1.82, 2.24) is 0 Å². The summed E-state index contributed by atoms with van der Waals surface area (Å²) in [5, 5.41) is 18.3. The molecule has 2 bridgehead atoms. The summed E-state index contributed by atoms with van der Waals surface area (Å²) in [5.41, 5.74) is 0. The Hall–Kier alpha value is -0.740. The molecule has 2 N–H and O–H groups in total. The van der Waals surface area contributed by atoms with Crippen LogP contribution < -0.4 is 0 Å². The van der Waals surface area contributed by atoms with Crippen LogP contribution in [0, 0.1) is 23.7 Å². The number of carbonyl (C=O) groups is 2. The van der Waals surface area contributed by atoms with Crippen molar-refractivity contribution in [2.75, 3.05) is 13.2 Å². The van der Waals surface area contributed by atoms with Crippen LogP contribution in [0.2, 0.25) is 0 Å². The molecule has 14 heavy (non-hydrogen) atoms. The number of rotatable bonds is 2. The molecule has 3 saturated carbocycles. The van der Waals surface area contributed by atoms with Crippen molar-refractivity contribution in [3.8, 4) is 0 Å². The molecule has 0 saturated heterocycles. The van der Waals surface area contributed by atoms with Gasteiger partial charge in [-0.1, -0.05) is 0 Å². The molecule has 0 aromatic heterocycles. The Morgan fingerprint density at radius 2 is 1.29 bits per heavy atom. The second-order valence-electron chi connectivity index (χ2n) is 4.25. The number of Topliss-reactive ketones (excluding diaryl/α,β-unsaturated/α-hetero) is 2. The molecule has 4 nitrogen and oxygen atoms in total. The van der Waals surface area contributed by atoms with Crippen molar-refractivity contribution < 1.29 is 19.8 Å². The van der Waals surface area contributed by atoms with Gasteiger partial charge in [0.25, 0.3) is 0 Å². The molecule has 0 radical (unpaired) electrons. The van der Waals surface area contributed by atoms with E-state index in [4.69, 9.17) is 10.2 Å². The highest BCUT2D eigenvalue weighted by molar-refractivity contribution is 5.98. The minimum absolute atomic E-state index is 0.0818. The van der Waals surface area contributed by atoms with Gasteiger partial charge in [0.1, 0.15) is 11.6 Å². The van der Waals surface area contributed by atoms with Crippen molar-refractivity contribution in [3.63, 3.8) is 0 Å². The number of hydrogen-bond acceptors (Lipinski definition) is 4. The monoisotopic (exact) mass is 198 g/mol. The zero-order valence-electron chi connectivity index (χ0n) is 7.85. The number of hydrogen-bond donors (Lipinski definition) is 2. The van der Waals surface area contributed by atoms with Gasteiger partial charge < -0.3 is 10.2 Å². The predicted octanol–water partition coefficient (Wildman–Crippen LogP) is -0.619. The smallest absolute Gasteiger partial charge is 0.137 e. The minimum Gasteiger partial charge on any atom is -0.396 e. The third-order valence-corrected chi connectivity index (χ3v) is 3.67. The summed E-state index contributed by atoms with van der Waals surface area (Å²) in [6.07, 6.45) is 0.538. The van der Waals surface area contributed by atoms with E-state index in [0.29, 0.717) is 0 Å². The van der Waals surface area contributed by atoms with Crippen molar-refractivity contribution in [2.45, 2.75) is 12.8 Å². The predicted molar refractivity (Wildman–Crippen MR) is 47.4 cm³/mol. The molecule has 3 fully saturated rings. The molecule has 0 heterocycles. The summed E-state index contributed by atoms with van der Waals surface area (Å²) in [6.45, 7) is -0.211. The van der Waals surface area contributed by atoms with Gasteiger partial charge in [-0.3, -0.25) is 9.59 Å². The second-order valence-corrected chi connectivity index (χ2v) is 4.25. The summed E-state index contributed by atoms with van der Waals surface area (Å²) < 4.78 is 0. The van der Waals surface area contributed by atoms with E-state index in [0.717, 1.165) is 0 Å². The summed E-state index contributed by atoms with van der Waals surface area (Å²) in [4.78, 5) is 23.0. The lowest BCUT2D eigenvalue weighted by Crippen LogP contribution is -2.52. The fourth-order valence-electron chi connectivity index (χ4n) is 2.87. The van der Waals surface area contributed by atoms with Gasteiger partial charge in [-0.05, 0) is 11.8 Å². The maximum absolute atomic E-state index is 11.5. The molecule has 0 spiro atoms. The molecule has 0 aliphatic heterocycles. The Morgan fingerprint density at radius 3 is 1.57 bits per heavy atom. The SMILES string of the molecule is O=C1CC2C(=O)CC1C(CO)C2CO. The zero-order chi connectivity index (χ0) is 10.3. The standard InChI is InChI=1S/C10H14O4/c11-3-7-5-1-9(13)6(2-10(5)14)8(7)4-12/h5-8,11-12H,1-4H2. The van der Waals surface area contributed by atoms with E-state index in [1.165, 1.54) is 0 Å². The summed E-state index contributed by atoms with van der Waals surface area (Å²) in [7, 11) is 0. The second kappa shape index (κ2) is 3.44. The first-order valence-electron chi connectivity index (χ1n) is 4.96. The van der Waals surface area contributed by atoms with Crippen LogP contribution in [0.15, 0.2) is 0 Å². The van der Waals surface area contributed by atoms with Crippen LogP contribution in [-0.4, -0.2) is 35.0 Å². The first kappa shape index (κ1) is 9.80. The van der Waals surface area contributed by atoms with Gasteiger partial charge in [0, 0.05) is 37.9 Å². The third kappa shape index (κ3) is 1.21. The normalized spacial score (nSPS) is 41.9. The van der Waals surface area contributed by atoms with Gasteiger partial charge in [-0.2, -0.15) is 0 Å². The molecule has 78 valence electrons. The van der Waals surface area contributed by atoms with E-state index >= 15 is 0 Å². The molecular formula is C10H14O4. The van der Waals surface area contributed by atoms with Gasteiger partial charge in [-0.25, -0.2) is 0 Å². The molecule has 3 rings (SSSR count). The van der Waals surface area contributed by atoms with Crippen molar-refractivity contribution in [2.24, 2.45) is 23.7 Å². The summed E-state index contributed by atoms with van der Waals surface area (Å²) in [5.74, 6) is -0.922. The van der Waals surface area contributed by atoms with E-state index in [-0.39, 0.29) is 61.3 Å². The van der Waals surface area contributed by atoms with Crippen molar-refractivity contribution in [1.29, 1.82) is 0 Å². The lowest BCUT2D eigenvalue weighted by atomic mass is 9.58. The van der Waals surface area contributed by atoms with E-state index in [9.17, 15) is 9.59 Å². The third-order valence-electron chi connectivity index (χ3n) is 3.67. The first-order valence-corrected chi connectivity index (χ1v) is 4.96. The average Bonchev–Trinajstić information content (AvgIpc) is 2.18. The van der Waals surface area contributed by atoms with Crippen molar-refractivity contribution >= 4 is 11.6 Å². The van der Waals surface area contributed by atoms with Crippen LogP contribution in [0.5, 0.6) is 0 Å². The lowest BCUT2D eigenvalue weighted by Gasteiger charge is -2.45. The molecule has 0 aromatic carbocycles. The Kier molecular flexibility index (Phi) is 2.41. The number of carbonyl (C=O) groups excluding carboxylic acids is 2. The van der Waals surface area contributed by atoms with Gasteiger partial charge in [0.05, 0.1) is 0 Å². The highest BCUT2D eigenvalue weighted by atomic mass is 16.3. The maximum atomic E-state index is 11.5. The molecule has 4 unspecified atom stereocenters.